The summed E-state index contributed by atoms with van der Waals surface area (Å²) in [6.07, 6.45) is 1.98. The van der Waals surface area contributed by atoms with E-state index >= 15 is 0 Å². The van der Waals surface area contributed by atoms with Gasteiger partial charge in [0.25, 0.3) is 0 Å². The van der Waals surface area contributed by atoms with Crippen LogP contribution in [0.5, 0.6) is 0 Å². The highest BCUT2D eigenvalue weighted by Crippen LogP contribution is 2.08. The number of nitrogens with zero attached hydrogens (tertiary/aromatic N) is 1. The summed E-state index contributed by atoms with van der Waals surface area (Å²) in [6.45, 7) is 2.37. The molecule has 4 N–H and O–H groups in total. The Morgan fingerprint density at radius 2 is 1.89 bits per heavy atom. The van der Waals surface area contributed by atoms with Crippen LogP contribution in [0.4, 0.5) is 4.79 Å². The second kappa shape index (κ2) is 13.1. The van der Waals surface area contributed by atoms with Gasteiger partial charge in [-0.25, -0.2) is 4.79 Å². The van der Waals surface area contributed by atoms with E-state index in [0.717, 1.165) is 12.0 Å². The number of ether oxygens (including phenoxy) is 1. The number of carbonyl (C=O) groups excluding carboxylic acids is 3. The van der Waals surface area contributed by atoms with Crippen LogP contribution in [0.3, 0.4) is 0 Å². The molecule has 0 saturated heterocycles. The maximum atomic E-state index is 11.9. The van der Waals surface area contributed by atoms with Crippen molar-refractivity contribution in [1.29, 1.82) is 5.26 Å². The minimum atomic E-state index is -0.840. The molecule has 8 heteroatoms. The number of amides is 3. The van der Waals surface area contributed by atoms with E-state index in [2.05, 4.69) is 10.6 Å². The van der Waals surface area contributed by atoms with Crippen molar-refractivity contribution in [2.75, 3.05) is 6.54 Å². The standard InChI is InChI=1S/C20H28N4O4/c1-15(11-12-21)18(19(22)26)24-17(25)10-6-3-7-13-23-20(27)28-14-16-8-4-2-5-9-16/h2,4-5,8-9,15,18H,3,6-7,10-11,13-14H2,1H3,(H2,22,26)(H,23,27)(H,24,25)/t15-,18-/m1/s1. The number of hydrogen-bond donors (Lipinski definition) is 3. The van der Waals surface area contributed by atoms with Crippen LogP contribution in [0.25, 0.3) is 0 Å². The third-order valence-corrected chi connectivity index (χ3v) is 4.17. The molecule has 152 valence electrons. The molecule has 28 heavy (non-hydrogen) atoms. The number of alkyl carbamates (subject to hydrolysis) is 1. The Hall–Kier alpha value is -3.08. The van der Waals surface area contributed by atoms with Crippen LogP contribution in [0.2, 0.25) is 0 Å². The Bertz CT molecular complexity index is 673. The molecule has 0 radical (unpaired) electrons. The first-order valence-electron chi connectivity index (χ1n) is 9.34. The van der Waals surface area contributed by atoms with Crippen molar-refractivity contribution >= 4 is 17.9 Å². The van der Waals surface area contributed by atoms with E-state index in [1.54, 1.807) is 6.92 Å². The maximum absolute atomic E-state index is 11.9. The summed E-state index contributed by atoms with van der Waals surface area (Å²) < 4.78 is 5.10. The molecule has 0 unspecified atom stereocenters. The highest BCUT2D eigenvalue weighted by molar-refractivity contribution is 5.86. The van der Waals surface area contributed by atoms with E-state index in [1.807, 2.05) is 36.4 Å². The Balaban J connectivity index is 2.12. The molecule has 8 nitrogen and oxygen atoms in total. The normalized spacial score (nSPS) is 12.3. The lowest BCUT2D eigenvalue weighted by Gasteiger charge is -2.20. The lowest BCUT2D eigenvalue weighted by Crippen LogP contribution is -2.48. The van der Waals surface area contributed by atoms with Crippen LogP contribution in [0.15, 0.2) is 30.3 Å². The average Bonchev–Trinajstić information content (AvgIpc) is 2.67. The number of rotatable bonds is 12. The van der Waals surface area contributed by atoms with Crippen LogP contribution in [0, 0.1) is 17.2 Å². The smallest absolute Gasteiger partial charge is 0.407 e. The van der Waals surface area contributed by atoms with E-state index < -0.39 is 18.0 Å². The first-order chi connectivity index (χ1) is 13.4. The van der Waals surface area contributed by atoms with Gasteiger partial charge in [0.05, 0.1) is 6.07 Å². The van der Waals surface area contributed by atoms with Crippen LogP contribution < -0.4 is 16.4 Å². The van der Waals surface area contributed by atoms with E-state index in [4.69, 9.17) is 15.7 Å². The molecule has 0 saturated carbocycles. The summed E-state index contributed by atoms with van der Waals surface area (Å²) in [6, 6.07) is 10.5. The lowest BCUT2D eigenvalue weighted by molar-refractivity contribution is -0.128. The summed E-state index contributed by atoms with van der Waals surface area (Å²) in [5, 5.41) is 14.0. The predicted molar refractivity (Wildman–Crippen MR) is 104 cm³/mol. The van der Waals surface area contributed by atoms with Gasteiger partial charge in [0.15, 0.2) is 0 Å². The van der Waals surface area contributed by atoms with Gasteiger partial charge in [-0.05, 0) is 24.3 Å². The number of unbranched alkanes of at least 4 members (excludes halogenated alkanes) is 2. The summed E-state index contributed by atoms with van der Waals surface area (Å²) in [7, 11) is 0. The number of nitrogens with two attached hydrogens (primary N) is 1. The number of benzene rings is 1. The minimum Gasteiger partial charge on any atom is -0.445 e. The fourth-order valence-corrected chi connectivity index (χ4v) is 2.55. The summed E-state index contributed by atoms with van der Waals surface area (Å²) in [5.41, 5.74) is 6.20. The van der Waals surface area contributed by atoms with E-state index in [1.165, 1.54) is 0 Å². The predicted octanol–water partition coefficient (Wildman–Crippen LogP) is 1.99. The lowest BCUT2D eigenvalue weighted by atomic mass is 9.98. The van der Waals surface area contributed by atoms with E-state index in [0.29, 0.717) is 19.4 Å². The molecule has 1 rings (SSSR count). The van der Waals surface area contributed by atoms with Crippen molar-refractivity contribution in [3.8, 4) is 6.07 Å². The Kier molecular flexibility index (Phi) is 10.8. The van der Waals surface area contributed by atoms with Gasteiger partial charge in [-0.3, -0.25) is 9.59 Å². The van der Waals surface area contributed by atoms with Crippen LogP contribution >= 0.6 is 0 Å². The molecule has 1 aromatic rings. The van der Waals surface area contributed by atoms with Crippen molar-refractivity contribution in [3.05, 3.63) is 35.9 Å². The second-order valence-electron chi connectivity index (χ2n) is 6.59. The zero-order chi connectivity index (χ0) is 20.8. The molecule has 0 aliphatic heterocycles. The quantitative estimate of drug-likeness (QED) is 0.471. The van der Waals surface area contributed by atoms with Crippen molar-refractivity contribution in [1.82, 2.24) is 10.6 Å². The minimum absolute atomic E-state index is 0.139. The first-order valence-corrected chi connectivity index (χ1v) is 9.34. The summed E-state index contributed by atoms with van der Waals surface area (Å²) in [4.78, 5) is 35.0. The number of carbonyl (C=O) groups is 3. The highest BCUT2D eigenvalue weighted by Gasteiger charge is 2.24. The summed E-state index contributed by atoms with van der Waals surface area (Å²) >= 11 is 0. The van der Waals surface area contributed by atoms with Crippen LogP contribution in [-0.4, -0.2) is 30.5 Å². The highest BCUT2D eigenvalue weighted by atomic mass is 16.5. The molecule has 0 heterocycles. The van der Waals surface area contributed by atoms with Gasteiger partial charge in [-0.1, -0.05) is 43.7 Å². The summed E-state index contributed by atoms with van der Waals surface area (Å²) in [5.74, 6) is -1.25. The Labute approximate surface area is 165 Å². The third-order valence-electron chi connectivity index (χ3n) is 4.17. The van der Waals surface area contributed by atoms with Crippen LogP contribution in [-0.2, 0) is 20.9 Å². The van der Waals surface area contributed by atoms with Gasteiger partial charge in [0, 0.05) is 19.4 Å². The molecule has 0 spiro atoms. The fraction of sp³-hybridized carbons (Fsp3) is 0.500. The fourth-order valence-electron chi connectivity index (χ4n) is 2.55. The number of hydrogen-bond acceptors (Lipinski definition) is 5. The topological polar surface area (TPSA) is 134 Å². The number of nitrogens with one attached hydrogen (secondary N) is 2. The zero-order valence-corrected chi connectivity index (χ0v) is 16.1. The van der Waals surface area contributed by atoms with E-state index in [-0.39, 0.29) is 31.3 Å². The van der Waals surface area contributed by atoms with Gasteiger partial charge >= 0.3 is 6.09 Å². The van der Waals surface area contributed by atoms with Gasteiger partial charge in [-0.2, -0.15) is 5.26 Å². The Morgan fingerprint density at radius 3 is 2.54 bits per heavy atom. The molecule has 1 aromatic carbocycles. The molecular formula is C20H28N4O4. The molecule has 0 bridgehead atoms. The van der Waals surface area contributed by atoms with Crippen molar-refractivity contribution in [3.63, 3.8) is 0 Å². The van der Waals surface area contributed by atoms with Gasteiger partial charge < -0.3 is 21.1 Å². The molecule has 0 aromatic heterocycles. The van der Waals surface area contributed by atoms with E-state index in [9.17, 15) is 14.4 Å². The SMILES string of the molecule is C[C@H](CC#N)[C@@H](NC(=O)CCCCCNC(=O)OCc1ccccc1)C(N)=O. The molecule has 3 amide bonds. The second-order valence-corrected chi connectivity index (χ2v) is 6.59. The zero-order valence-electron chi connectivity index (χ0n) is 16.1. The molecule has 0 fully saturated rings. The number of nitriles is 1. The molecular weight excluding hydrogens is 360 g/mol. The third kappa shape index (κ3) is 9.57. The average molecular weight is 388 g/mol. The molecule has 0 aliphatic carbocycles. The van der Waals surface area contributed by atoms with Gasteiger partial charge in [0.2, 0.25) is 11.8 Å². The molecule has 2 atom stereocenters. The van der Waals surface area contributed by atoms with Crippen molar-refractivity contribution < 1.29 is 19.1 Å². The van der Waals surface area contributed by atoms with Crippen molar-refractivity contribution in [2.45, 2.75) is 51.7 Å². The maximum Gasteiger partial charge on any atom is 0.407 e. The van der Waals surface area contributed by atoms with Crippen molar-refractivity contribution in [2.24, 2.45) is 11.7 Å². The number of primary amides is 1. The first kappa shape index (κ1) is 23.0. The monoisotopic (exact) mass is 388 g/mol. The van der Waals surface area contributed by atoms with Crippen LogP contribution in [0.1, 0.15) is 44.6 Å². The van der Waals surface area contributed by atoms with Gasteiger partial charge in [0.1, 0.15) is 12.6 Å². The molecule has 0 aliphatic rings. The largest absolute Gasteiger partial charge is 0.445 e. The Morgan fingerprint density at radius 1 is 1.18 bits per heavy atom. The van der Waals surface area contributed by atoms with Gasteiger partial charge in [-0.15, -0.1) is 0 Å².